The van der Waals surface area contributed by atoms with Gasteiger partial charge in [0, 0.05) is 13.1 Å². The Morgan fingerprint density at radius 1 is 1.12 bits per heavy atom. The summed E-state index contributed by atoms with van der Waals surface area (Å²) in [7, 11) is 0. The molecule has 0 N–H and O–H groups in total. The zero-order chi connectivity index (χ0) is 17.9. The van der Waals surface area contributed by atoms with Gasteiger partial charge < -0.3 is 14.0 Å². The van der Waals surface area contributed by atoms with E-state index in [1.807, 2.05) is 55.7 Å². The quantitative estimate of drug-likeness (QED) is 0.853. The maximum absolute atomic E-state index is 12.2. The zero-order valence-electron chi connectivity index (χ0n) is 14.9. The number of carbonyl (C=O) groups is 1. The van der Waals surface area contributed by atoms with Gasteiger partial charge in [-0.05, 0) is 26.3 Å². The van der Waals surface area contributed by atoms with Crippen LogP contribution in [0, 0.1) is 0 Å². The molecule has 1 amide bonds. The van der Waals surface area contributed by atoms with Gasteiger partial charge >= 0.3 is 6.09 Å². The molecule has 1 aromatic carbocycles. The lowest BCUT2D eigenvalue weighted by atomic mass is 10.2. The van der Waals surface area contributed by atoms with Crippen LogP contribution in [0.15, 0.2) is 30.3 Å². The van der Waals surface area contributed by atoms with Crippen LogP contribution in [0.3, 0.4) is 0 Å². The zero-order valence-corrected chi connectivity index (χ0v) is 14.9. The molecule has 7 heteroatoms. The van der Waals surface area contributed by atoms with Gasteiger partial charge in [0.25, 0.3) is 0 Å². The van der Waals surface area contributed by atoms with Crippen molar-refractivity contribution in [2.45, 2.75) is 52.7 Å². The van der Waals surface area contributed by atoms with Crippen molar-refractivity contribution in [3.05, 3.63) is 47.5 Å². The number of hydrogen-bond acceptors (Lipinski definition) is 5. The molecule has 2 aromatic rings. The minimum atomic E-state index is -0.501. The van der Waals surface area contributed by atoms with Gasteiger partial charge in [0.05, 0.1) is 13.2 Å². The first kappa shape index (κ1) is 17.4. The highest BCUT2D eigenvalue weighted by Gasteiger charge is 2.28. The van der Waals surface area contributed by atoms with Crippen molar-refractivity contribution in [2.75, 3.05) is 6.54 Å². The Morgan fingerprint density at radius 3 is 2.60 bits per heavy atom. The monoisotopic (exact) mass is 344 g/mol. The van der Waals surface area contributed by atoms with Crippen molar-refractivity contribution in [1.82, 2.24) is 19.7 Å². The van der Waals surface area contributed by atoms with Gasteiger partial charge in [-0.1, -0.05) is 30.3 Å². The van der Waals surface area contributed by atoms with Crippen LogP contribution in [0.25, 0.3) is 0 Å². The van der Waals surface area contributed by atoms with Crippen molar-refractivity contribution in [3.63, 3.8) is 0 Å². The number of benzene rings is 1. The average molecular weight is 344 g/mol. The lowest BCUT2D eigenvalue weighted by Crippen LogP contribution is -2.41. The molecule has 134 valence electrons. The predicted molar refractivity (Wildman–Crippen MR) is 91.6 cm³/mol. The first-order chi connectivity index (χ1) is 11.9. The summed E-state index contributed by atoms with van der Waals surface area (Å²) < 4.78 is 13.2. The van der Waals surface area contributed by atoms with Crippen LogP contribution in [-0.2, 0) is 35.8 Å². The summed E-state index contributed by atoms with van der Waals surface area (Å²) >= 11 is 0. The Labute approximate surface area is 147 Å². The molecule has 1 aliphatic rings. The number of amides is 1. The van der Waals surface area contributed by atoms with Gasteiger partial charge in [-0.3, -0.25) is 4.90 Å². The second-order valence-electron chi connectivity index (χ2n) is 7.06. The fraction of sp³-hybridized carbons (Fsp3) is 0.500. The molecule has 25 heavy (non-hydrogen) atoms. The van der Waals surface area contributed by atoms with Gasteiger partial charge in [-0.2, -0.15) is 0 Å². The van der Waals surface area contributed by atoms with E-state index in [-0.39, 0.29) is 6.09 Å². The van der Waals surface area contributed by atoms with E-state index in [1.54, 1.807) is 4.90 Å². The first-order valence-electron chi connectivity index (χ1n) is 8.43. The molecule has 0 saturated carbocycles. The summed E-state index contributed by atoms with van der Waals surface area (Å²) in [6.07, 6.45) is -0.316. The van der Waals surface area contributed by atoms with E-state index in [4.69, 9.17) is 9.47 Å². The van der Waals surface area contributed by atoms with E-state index in [9.17, 15) is 4.79 Å². The summed E-state index contributed by atoms with van der Waals surface area (Å²) in [6, 6.07) is 10.0. The van der Waals surface area contributed by atoms with E-state index < -0.39 is 5.60 Å². The highest BCUT2D eigenvalue weighted by atomic mass is 16.6. The predicted octanol–water partition coefficient (Wildman–Crippen LogP) is 2.75. The Balaban J connectivity index is 1.56. The van der Waals surface area contributed by atoms with Crippen LogP contribution >= 0.6 is 0 Å². The minimum absolute atomic E-state index is 0.316. The maximum atomic E-state index is 12.2. The molecular formula is C18H24N4O3. The highest BCUT2D eigenvalue weighted by molar-refractivity contribution is 5.68. The molecule has 1 aliphatic heterocycles. The molecule has 0 radical (unpaired) electrons. The second kappa shape index (κ2) is 7.23. The normalized spacial score (nSPS) is 14.3. The third-order valence-electron chi connectivity index (χ3n) is 3.82. The topological polar surface area (TPSA) is 69.5 Å². The Kier molecular flexibility index (Phi) is 5.03. The number of aromatic nitrogens is 3. The van der Waals surface area contributed by atoms with E-state index in [2.05, 4.69) is 10.2 Å². The van der Waals surface area contributed by atoms with Gasteiger partial charge in [-0.15, -0.1) is 10.2 Å². The number of hydrogen-bond donors (Lipinski definition) is 0. The van der Waals surface area contributed by atoms with Crippen LogP contribution in [-0.4, -0.2) is 37.9 Å². The van der Waals surface area contributed by atoms with Crippen LogP contribution in [0.2, 0.25) is 0 Å². The molecule has 0 spiro atoms. The lowest BCUT2D eigenvalue weighted by Gasteiger charge is -2.30. The molecular weight excluding hydrogens is 320 g/mol. The third-order valence-corrected chi connectivity index (χ3v) is 3.82. The number of rotatable bonds is 4. The standard InChI is InChI=1S/C18H24N4O3/c1-18(2,3)25-17(23)21-9-10-22-15(11-21)19-20-16(22)13-24-12-14-7-5-4-6-8-14/h4-8H,9-13H2,1-3H3. The van der Waals surface area contributed by atoms with Crippen LogP contribution < -0.4 is 0 Å². The smallest absolute Gasteiger partial charge is 0.410 e. The summed E-state index contributed by atoms with van der Waals surface area (Å²) in [5.41, 5.74) is 0.621. The molecule has 0 bridgehead atoms. The highest BCUT2D eigenvalue weighted by Crippen LogP contribution is 2.17. The Hall–Kier alpha value is -2.41. The van der Waals surface area contributed by atoms with Gasteiger partial charge in [-0.25, -0.2) is 4.79 Å². The van der Waals surface area contributed by atoms with Gasteiger partial charge in [0.15, 0.2) is 11.6 Å². The fourth-order valence-electron chi connectivity index (χ4n) is 2.64. The molecule has 2 heterocycles. The van der Waals surface area contributed by atoms with Crippen molar-refractivity contribution in [2.24, 2.45) is 0 Å². The second-order valence-corrected chi connectivity index (χ2v) is 7.06. The molecule has 7 nitrogen and oxygen atoms in total. The minimum Gasteiger partial charge on any atom is -0.444 e. The summed E-state index contributed by atoms with van der Waals surface area (Å²) in [5, 5.41) is 8.40. The van der Waals surface area contributed by atoms with E-state index >= 15 is 0 Å². The van der Waals surface area contributed by atoms with Crippen LogP contribution in [0.4, 0.5) is 4.79 Å². The molecule has 3 rings (SSSR count). The largest absolute Gasteiger partial charge is 0.444 e. The molecule has 0 saturated heterocycles. The molecule has 0 unspecified atom stereocenters. The molecule has 0 aliphatic carbocycles. The number of fused-ring (bicyclic) bond motifs is 1. The van der Waals surface area contributed by atoms with Crippen molar-refractivity contribution >= 4 is 6.09 Å². The summed E-state index contributed by atoms with van der Waals surface area (Å²) in [5.74, 6) is 1.55. The summed E-state index contributed by atoms with van der Waals surface area (Å²) in [6.45, 7) is 8.14. The number of ether oxygens (including phenoxy) is 2. The Bertz CT molecular complexity index is 722. The lowest BCUT2D eigenvalue weighted by molar-refractivity contribution is 0.0191. The molecule has 0 fully saturated rings. The Morgan fingerprint density at radius 2 is 1.88 bits per heavy atom. The maximum Gasteiger partial charge on any atom is 0.410 e. The van der Waals surface area contributed by atoms with Crippen molar-refractivity contribution < 1.29 is 14.3 Å². The van der Waals surface area contributed by atoms with Gasteiger partial charge in [0.2, 0.25) is 0 Å². The van der Waals surface area contributed by atoms with E-state index in [0.717, 1.165) is 17.2 Å². The molecule has 0 atom stereocenters. The first-order valence-corrected chi connectivity index (χ1v) is 8.43. The fourth-order valence-corrected chi connectivity index (χ4v) is 2.64. The van der Waals surface area contributed by atoms with E-state index in [0.29, 0.717) is 32.8 Å². The van der Waals surface area contributed by atoms with E-state index in [1.165, 1.54) is 0 Å². The number of nitrogens with zero attached hydrogens (tertiary/aromatic N) is 4. The van der Waals surface area contributed by atoms with Crippen molar-refractivity contribution in [3.8, 4) is 0 Å². The van der Waals surface area contributed by atoms with Crippen LogP contribution in [0.5, 0.6) is 0 Å². The average Bonchev–Trinajstić information content (AvgIpc) is 2.97. The third kappa shape index (κ3) is 4.57. The number of carbonyl (C=O) groups excluding carboxylic acids is 1. The van der Waals surface area contributed by atoms with Gasteiger partial charge in [0.1, 0.15) is 12.2 Å². The summed E-state index contributed by atoms with van der Waals surface area (Å²) in [4.78, 5) is 13.8. The van der Waals surface area contributed by atoms with Crippen molar-refractivity contribution in [1.29, 1.82) is 0 Å². The molecule has 1 aromatic heterocycles. The van der Waals surface area contributed by atoms with Crippen LogP contribution in [0.1, 0.15) is 38.0 Å². The SMILES string of the molecule is CC(C)(C)OC(=O)N1CCn2c(COCc3ccccc3)nnc2C1.